The van der Waals surface area contributed by atoms with Crippen LogP contribution in [0.25, 0.3) is 0 Å². The number of hydrogen-bond donors (Lipinski definition) is 2. The van der Waals surface area contributed by atoms with Gasteiger partial charge in [-0.15, -0.1) is 0 Å². The molecule has 2 aliphatic heterocycles. The van der Waals surface area contributed by atoms with Gasteiger partial charge in [-0.05, 0) is 68.1 Å². The van der Waals surface area contributed by atoms with E-state index >= 15 is 0 Å². The Kier molecular flexibility index (Phi) is 6.40. The average Bonchev–Trinajstić information content (AvgIpc) is 3.26. The lowest BCUT2D eigenvalue weighted by Gasteiger charge is -2.32. The predicted molar refractivity (Wildman–Crippen MR) is 120 cm³/mol. The fourth-order valence-electron chi connectivity index (χ4n) is 4.40. The highest BCUT2D eigenvalue weighted by molar-refractivity contribution is 5.47. The zero-order valence-corrected chi connectivity index (χ0v) is 17.5. The Bertz CT molecular complexity index is 814. The number of nitrogens with one attached hydrogen (secondary N) is 2. The first kappa shape index (κ1) is 19.8. The van der Waals surface area contributed by atoms with Gasteiger partial charge in [0.25, 0.3) is 0 Å². The van der Waals surface area contributed by atoms with Gasteiger partial charge in [-0.2, -0.15) is 0 Å². The number of benzene rings is 2. The van der Waals surface area contributed by atoms with Crippen molar-refractivity contribution in [2.75, 3.05) is 31.6 Å². The molecule has 2 aromatic carbocycles. The maximum absolute atomic E-state index is 5.93. The lowest BCUT2D eigenvalue weighted by Crippen LogP contribution is -2.44. The van der Waals surface area contributed by atoms with E-state index in [9.17, 15) is 0 Å². The van der Waals surface area contributed by atoms with Gasteiger partial charge in [-0.1, -0.05) is 43.8 Å². The van der Waals surface area contributed by atoms with Crippen molar-refractivity contribution >= 4 is 5.69 Å². The molecule has 29 heavy (non-hydrogen) atoms. The highest BCUT2D eigenvalue weighted by Crippen LogP contribution is 2.31. The quantitative estimate of drug-likeness (QED) is 0.681. The number of ether oxygens (including phenoxy) is 1. The Balaban J connectivity index is 1.48. The average molecular weight is 392 g/mol. The Hall–Kier alpha value is -2.46. The second kappa shape index (κ2) is 9.36. The van der Waals surface area contributed by atoms with Crippen LogP contribution in [0.15, 0.2) is 60.9 Å². The molecule has 0 saturated carbocycles. The fourth-order valence-corrected chi connectivity index (χ4v) is 4.40. The molecule has 1 saturated heterocycles. The van der Waals surface area contributed by atoms with Crippen LogP contribution in [0, 0.1) is 0 Å². The van der Waals surface area contributed by atoms with Crippen molar-refractivity contribution in [1.82, 2.24) is 10.2 Å². The molecule has 2 aromatic rings. The first-order valence-corrected chi connectivity index (χ1v) is 10.9. The van der Waals surface area contributed by atoms with E-state index in [0.717, 1.165) is 43.3 Å². The zero-order chi connectivity index (χ0) is 20.1. The molecule has 2 heterocycles. The molecule has 0 radical (unpaired) electrons. The van der Waals surface area contributed by atoms with Crippen LogP contribution < -0.4 is 15.4 Å². The van der Waals surface area contributed by atoms with Crippen molar-refractivity contribution in [1.29, 1.82) is 0 Å². The summed E-state index contributed by atoms with van der Waals surface area (Å²) in [6.45, 7) is 10.8. The fraction of sp³-hybridized carbons (Fsp3) is 0.440. The molecular formula is C25H33N3O. The molecule has 4 nitrogen and oxygen atoms in total. The summed E-state index contributed by atoms with van der Waals surface area (Å²) in [5.41, 5.74) is 3.72. The van der Waals surface area contributed by atoms with Crippen LogP contribution in [0.1, 0.15) is 43.2 Å². The molecule has 4 rings (SSSR count). The number of likely N-dealkylation sites (tertiary alicyclic amines) is 1. The third kappa shape index (κ3) is 5.13. The van der Waals surface area contributed by atoms with E-state index in [2.05, 4.69) is 59.4 Å². The highest BCUT2D eigenvalue weighted by atomic mass is 16.5. The monoisotopic (exact) mass is 391 g/mol. The summed E-state index contributed by atoms with van der Waals surface area (Å²) in [5.74, 6) is 2.27. The lowest BCUT2D eigenvalue weighted by atomic mass is 9.90. The van der Waals surface area contributed by atoms with Gasteiger partial charge in [0.05, 0.1) is 12.4 Å². The van der Waals surface area contributed by atoms with E-state index in [-0.39, 0.29) is 6.04 Å². The van der Waals surface area contributed by atoms with E-state index in [1.54, 1.807) is 0 Å². The molecule has 1 fully saturated rings. The van der Waals surface area contributed by atoms with Gasteiger partial charge in [0.2, 0.25) is 0 Å². The maximum atomic E-state index is 5.93. The van der Waals surface area contributed by atoms with Gasteiger partial charge in [-0.3, -0.25) is 0 Å². The second-order valence-electron chi connectivity index (χ2n) is 8.34. The van der Waals surface area contributed by atoms with E-state index in [4.69, 9.17) is 4.74 Å². The van der Waals surface area contributed by atoms with Gasteiger partial charge in [0.15, 0.2) is 0 Å². The Morgan fingerprint density at radius 1 is 1.10 bits per heavy atom. The summed E-state index contributed by atoms with van der Waals surface area (Å²) in [5, 5.41) is 7.09. The van der Waals surface area contributed by atoms with Crippen molar-refractivity contribution in [2.45, 2.75) is 44.6 Å². The van der Waals surface area contributed by atoms with E-state index in [1.807, 2.05) is 18.2 Å². The molecule has 2 unspecified atom stereocenters. The standard InChI is InChI=1S/C25H33N3O/c1-19(22-13-12-21-9-8-16-29-25(21)17-22)24(18-28-14-6-7-15-28)27-20(2)26-23-10-4-3-5-11-23/h3-5,10-13,17,19,24,26-27H,2,6-9,14-16,18H2,1H3. The topological polar surface area (TPSA) is 36.5 Å². The number of nitrogens with zero attached hydrogens (tertiary/aromatic N) is 1. The smallest absolute Gasteiger partial charge is 0.122 e. The van der Waals surface area contributed by atoms with Crippen LogP contribution in [-0.4, -0.2) is 37.2 Å². The summed E-state index contributed by atoms with van der Waals surface area (Å²) in [7, 11) is 0. The Labute approximate surface area is 175 Å². The van der Waals surface area contributed by atoms with Crippen molar-refractivity contribution in [3.05, 3.63) is 72.1 Å². The van der Waals surface area contributed by atoms with E-state index in [0.29, 0.717) is 5.92 Å². The zero-order valence-electron chi connectivity index (χ0n) is 17.5. The van der Waals surface area contributed by atoms with Gasteiger partial charge >= 0.3 is 0 Å². The van der Waals surface area contributed by atoms with Gasteiger partial charge in [0.1, 0.15) is 5.75 Å². The van der Waals surface area contributed by atoms with Crippen LogP contribution in [-0.2, 0) is 6.42 Å². The number of anilines is 1. The SMILES string of the molecule is C=C(Nc1ccccc1)NC(CN1CCCC1)C(C)c1ccc2c(c1)OCCC2. The number of para-hydroxylation sites is 1. The molecule has 2 N–H and O–H groups in total. The van der Waals surface area contributed by atoms with Gasteiger partial charge < -0.3 is 20.3 Å². The Morgan fingerprint density at radius 3 is 2.69 bits per heavy atom. The van der Waals surface area contributed by atoms with Crippen LogP contribution in [0.2, 0.25) is 0 Å². The maximum Gasteiger partial charge on any atom is 0.122 e. The normalized spacial score (nSPS) is 18.4. The van der Waals surface area contributed by atoms with Crippen LogP contribution >= 0.6 is 0 Å². The number of fused-ring (bicyclic) bond motifs is 1. The molecule has 2 atom stereocenters. The summed E-state index contributed by atoms with van der Waals surface area (Å²) in [6, 6.07) is 17.3. The minimum atomic E-state index is 0.276. The van der Waals surface area contributed by atoms with Crippen molar-refractivity contribution in [3.8, 4) is 5.75 Å². The van der Waals surface area contributed by atoms with E-state index < -0.39 is 0 Å². The lowest BCUT2D eigenvalue weighted by molar-refractivity contribution is 0.278. The first-order valence-electron chi connectivity index (χ1n) is 10.9. The molecule has 0 bridgehead atoms. The number of rotatable bonds is 8. The van der Waals surface area contributed by atoms with Gasteiger partial charge in [0, 0.05) is 24.2 Å². The number of aryl methyl sites for hydroxylation is 1. The number of hydrogen-bond acceptors (Lipinski definition) is 4. The molecule has 154 valence electrons. The summed E-state index contributed by atoms with van der Waals surface area (Å²) < 4.78 is 5.93. The van der Waals surface area contributed by atoms with Crippen LogP contribution in [0.3, 0.4) is 0 Å². The first-order chi connectivity index (χ1) is 14.2. The second-order valence-corrected chi connectivity index (χ2v) is 8.34. The van der Waals surface area contributed by atoms with Crippen LogP contribution in [0.4, 0.5) is 5.69 Å². The Morgan fingerprint density at radius 2 is 1.90 bits per heavy atom. The summed E-state index contributed by atoms with van der Waals surface area (Å²) in [6.07, 6.45) is 4.84. The van der Waals surface area contributed by atoms with Gasteiger partial charge in [-0.25, -0.2) is 0 Å². The van der Waals surface area contributed by atoms with Crippen molar-refractivity contribution in [3.63, 3.8) is 0 Å². The third-order valence-electron chi connectivity index (χ3n) is 6.15. The van der Waals surface area contributed by atoms with Crippen LogP contribution in [0.5, 0.6) is 5.75 Å². The molecule has 0 aliphatic carbocycles. The minimum Gasteiger partial charge on any atom is -0.493 e. The molecule has 0 amide bonds. The summed E-state index contributed by atoms with van der Waals surface area (Å²) >= 11 is 0. The van der Waals surface area contributed by atoms with Crippen molar-refractivity contribution in [2.24, 2.45) is 0 Å². The van der Waals surface area contributed by atoms with E-state index in [1.165, 1.54) is 37.1 Å². The largest absolute Gasteiger partial charge is 0.493 e. The molecule has 0 aromatic heterocycles. The van der Waals surface area contributed by atoms with Crippen molar-refractivity contribution < 1.29 is 4.74 Å². The molecule has 2 aliphatic rings. The molecule has 4 heteroatoms. The summed E-state index contributed by atoms with van der Waals surface area (Å²) in [4.78, 5) is 2.57. The predicted octanol–water partition coefficient (Wildman–Crippen LogP) is 4.75. The molecular weight excluding hydrogens is 358 g/mol. The minimum absolute atomic E-state index is 0.276. The molecule has 0 spiro atoms. The highest BCUT2D eigenvalue weighted by Gasteiger charge is 2.25. The third-order valence-corrected chi connectivity index (χ3v) is 6.15.